The normalized spacial score (nSPS) is 16.8. The number of amides is 2. The van der Waals surface area contributed by atoms with Gasteiger partial charge in [0.05, 0.1) is 21.3 Å². The molecule has 1 atom stereocenters. The zero-order valence-corrected chi connectivity index (χ0v) is 18.8. The first-order chi connectivity index (χ1) is 15.5. The number of carbonyl (C=O) groups is 1. The zero-order chi connectivity index (χ0) is 22.7. The minimum atomic E-state index is -0.343. The molecule has 2 amide bonds. The molecule has 9 heteroatoms. The summed E-state index contributed by atoms with van der Waals surface area (Å²) in [5, 5.41) is 6.01. The summed E-state index contributed by atoms with van der Waals surface area (Å²) in [7, 11) is 6.78. The van der Waals surface area contributed by atoms with Crippen LogP contribution in [0.2, 0.25) is 0 Å². The third kappa shape index (κ3) is 4.20. The number of nitrogens with one attached hydrogen (secondary N) is 2. The van der Waals surface area contributed by atoms with Crippen LogP contribution in [0.4, 0.5) is 4.79 Å². The molecule has 0 aromatic heterocycles. The van der Waals surface area contributed by atoms with Crippen LogP contribution in [0.15, 0.2) is 24.3 Å². The van der Waals surface area contributed by atoms with Crippen LogP contribution in [0.25, 0.3) is 0 Å². The molecule has 2 N–H and O–H groups in total. The molecule has 32 heavy (non-hydrogen) atoms. The van der Waals surface area contributed by atoms with Crippen LogP contribution in [0.1, 0.15) is 22.9 Å². The molecule has 9 nitrogen and oxygen atoms in total. The summed E-state index contributed by atoms with van der Waals surface area (Å²) in [5.74, 6) is 3.22. The lowest BCUT2D eigenvalue weighted by Crippen LogP contribution is -2.47. The summed E-state index contributed by atoms with van der Waals surface area (Å²) >= 11 is 0. The van der Waals surface area contributed by atoms with Gasteiger partial charge < -0.3 is 34.3 Å². The number of urea groups is 1. The number of nitrogens with zero attached hydrogens (tertiary/aromatic N) is 1. The third-order valence-electron chi connectivity index (χ3n) is 5.81. The van der Waals surface area contributed by atoms with E-state index in [1.165, 1.54) is 0 Å². The van der Waals surface area contributed by atoms with Crippen molar-refractivity contribution in [3.63, 3.8) is 0 Å². The Bertz CT molecular complexity index is 996. The number of hydrogen-bond donors (Lipinski definition) is 2. The fourth-order valence-electron chi connectivity index (χ4n) is 4.15. The molecule has 0 saturated carbocycles. The first-order valence-corrected chi connectivity index (χ1v) is 10.5. The maximum atomic E-state index is 12.7. The molecule has 0 fully saturated rings. The minimum absolute atomic E-state index is 0.166. The van der Waals surface area contributed by atoms with E-state index in [-0.39, 0.29) is 19.0 Å². The van der Waals surface area contributed by atoms with E-state index in [9.17, 15) is 4.79 Å². The predicted octanol–water partition coefficient (Wildman–Crippen LogP) is 2.47. The Labute approximate surface area is 187 Å². The highest BCUT2D eigenvalue weighted by Crippen LogP contribution is 2.48. The number of fused-ring (bicyclic) bond motifs is 2. The number of methoxy groups -OCH3 is 3. The molecule has 0 unspecified atom stereocenters. The monoisotopic (exact) mass is 443 g/mol. The average Bonchev–Trinajstić information content (AvgIpc) is 3.27. The van der Waals surface area contributed by atoms with Gasteiger partial charge in [0.15, 0.2) is 23.0 Å². The van der Waals surface area contributed by atoms with Crippen molar-refractivity contribution in [1.29, 1.82) is 0 Å². The maximum Gasteiger partial charge on any atom is 0.316 e. The molecule has 0 aliphatic carbocycles. The number of likely N-dealkylation sites (N-methyl/N-ethyl adjacent to an activating group) is 1. The van der Waals surface area contributed by atoms with Gasteiger partial charge in [-0.3, -0.25) is 4.90 Å². The molecule has 172 valence electrons. The van der Waals surface area contributed by atoms with Crippen molar-refractivity contribution in [2.75, 3.05) is 48.3 Å². The van der Waals surface area contributed by atoms with Gasteiger partial charge >= 0.3 is 6.03 Å². The second-order valence-corrected chi connectivity index (χ2v) is 7.69. The van der Waals surface area contributed by atoms with Crippen LogP contribution in [0, 0.1) is 0 Å². The van der Waals surface area contributed by atoms with Gasteiger partial charge in [-0.25, -0.2) is 4.79 Å². The molecule has 2 aromatic carbocycles. The fourth-order valence-corrected chi connectivity index (χ4v) is 4.15. The number of benzene rings is 2. The first-order valence-electron chi connectivity index (χ1n) is 10.5. The van der Waals surface area contributed by atoms with E-state index in [4.69, 9.17) is 23.7 Å². The number of hydrogen-bond acceptors (Lipinski definition) is 7. The van der Waals surface area contributed by atoms with E-state index in [2.05, 4.69) is 15.5 Å². The van der Waals surface area contributed by atoms with Crippen molar-refractivity contribution in [2.24, 2.45) is 0 Å². The van der Waals surface area contributed by atoms with Gasteiger partial charge in [0.1, 0.15) is 6.17 Å². The summed E-state index contributed by atoms with van der Waals surface area (Å²) in [6.45, 7) is 1.44. The van der Waals surface area contributed by atoms with Crippen molar-refractivity contribution >= 4 is 6.03 Å². The van der Waals surface area contributed by atoms with Crippen molar-refractivity contribution in [3.05, 3.63) is 41.0 Å². The molecule has 0 radical (unpaired) electrons. The Balaban J connectivity index is 1.43. The Hall–Kier alpha value is -3.33. The van der Waals surface area contributed by atoms with Crippen molar-refractivity contribution in [3.8, 4) is 28.7 Å². The van der Waals surface area contributed by atoms with Gasteiger partial charge in [-0.2, -0.15) is 0 Å². The van der Waals surface area contributed by atoms with E-state index in [0.717, 1.165) is 29.7 Å². The molecular formula is C23H29N3O6. The quantitative estimate of drug-likeness (QED) is 0.679. The Morgan fingerprint density at radius 1 is 1.12 bits per heavy atom. The highest BCUT2D eigenvalue weighted by atomic mass is 16.7. The highest BCUT2D eigenvalue weighted by molar-refractivity contribution is 5.75. The smallest absolute Gasteiger partial charge is 0.316 e. The summed E-state index contributed by atoms with van der Waals surface area (Å²) < 4.78 is 27.4. The van der Waals surface area contributed by atoms with Crippen molar-refractivity contribution in [2.45, 2.75) is 19.0 Å². The third-order valence-corrected chi connectivity index (χ3v) is 5.81. The summed E-state index contributed by atoms with van der Waals surface area (Å²) in [6.07, 6.45) is 1.15. The Kier molecular flexibility index (Phi) is 6.45. The van der Waals surface area contributed by atoms with E-state index < -0.39 is 0 Å². The van der Waals surface area contributed by atoms with Crippen LogP contribution < -0.4 is 34.3 Å². The lowest BCUT2D eigenvalue weighted by atomic mass is 9.95. The molecule has 2 aliphatic heterocycles. The maximum absolute atomic E-state index is 12.7. The zero-order valence-electron chi connectivity index (χ0n) is 18.8. The number of ether oxygens (including phenoxy) is 5. The minimum Gasteiger partial charge on any atom is -0.493 e. The van der Waals surface area contributed by atoms with Crippen molar-refractivity contribution in [1.82, 2.24) is 15.5 Å². The van der Waals surface area contributed by atoms with E-state index >= 15 is 0 Å². The van der Waals surface area contributed by atoms with E-state index in [1.54, 1.807) is 21.3 Å². The molecular weight excluding hydrogens is 414 g/mol. The van der Waals surface area contributed by atoms with Gasteiger partial charge in [-0.15, -0.1) is 0 Å². The van der Waals surface area contributed by atoms with Gasteiger partial charge in [0.2, 0.25) is 12.5 Å². The molecule has 2 aromatic rings. The average molecular weight is 444 g/mol. The number of rotatable bonds is 7. The number of carbonyl (C=O) groups excluding carboxylic acids is 1. The van der Waals surface area contributed by atoms with Crippen LogP contribution in [0.5, 0.6) is 28.7 Å². The van der Waals surface area contributed by atoms with Gasteiger partial charge in [-0.05, 0) is 49.2 Å². The molecule has 2 aliphatic rings. The highest BCUT2D eigenvalue weighted by Gasteiger charge is 2.34. The molecule has 4 rings (SSSR count). The molecule has 2 heterocycles. The van der Waals surface area contributed by atoms with Crippen LogP contribution in [0.3, 0.4) is 0 Å². The summed E-state index contributed by atoms with van der Waals surface area (Å²) in [4.78, 5) is 14.8. The first kappa shape index (κ1) is 21.9. The molecule has 0 spiro atoms. The summed E-state index contributed by atoms with van der Waals surface area (Å²) in [5.41, 5.74) is 3.03. The van der Waals surface area contributed by atoms with E-state index in [1.807, 2.05) is 31.3 Å². The summed E-state index contributed by atoms with van der Waals surface area (Å²) in [6, 6.07) is 7.46. The Morgan fingerprint density at radius 3 is 2.69 bits per heavy atom. The second kappa shape index (κ2) is 9.44. The SMILES string of the molecule is COc1ccc(CCNC(=O)N[C@@H]2c3c(cc4c(c3OC)OCO4)CCN2C)cc1OC. The van der Waals surface area contributed by atoms with Crippen LogP contribution in [-0.2, 0) is 12.8 Å². The van der Waals surface area contributed by atoms with Gasteiger partial charge in [-0.1, -0.05) is 6.07 Å². The molecule has 0 saturated heterocycles. The largest absolute Gasteiger partial charge is 0.493 e. The Morgan fingerprint density at radius 2 is 1.94 bits per heavy atom. The lowest BCUT2D eigenvalue weighted by molar-refractivity contribution is 0.169. The van der Waals surface area contributed by atoms with Gasteiger partial charge in [0.25, 0.3) is 0 Å². The van der Waals surface area contributed by atoms with Gasteiger partial charge in [0, 0.05) is 18.7 Å². The predicted molar refractivity (Wildman–Crippen MR) is 118 cm³/mol. The van der Waals surface area contributed by atoms with E-state index in [0.29, 0.717) is 41.7 Å². The lowest BCUT2D eigenvalue weighted by Gasteiger charge is -2.36. The second-order valence-electron chi connectivity index (χ2n) is 7.69. The molecule has 0 bridgehead atoms. The topological polar surface area (TPSA) is 90.5 Å². The van der Waals surface area contributed by atoms with Crippen molar-refractivity contribution < 1.29 is 28.5 Å². The van der Waals surface area contributed by atoms with Crippen LogP contribution >= 0.6 is 0 Å². The fraction of sp³-hybridized carbons (Fsp3) is 0.435. The van der Waals surface area contributed by atoms with Crippen LogP contribution in [-0.4, -0.2) is 59.2 Å². The standard InChI is InChI=1S/C23H29N3O6/c1-26-10-8-15-12-18-20(32-13-31-18)21(30-4)19(15)22(26)25-23(27)24-9-7-14-5-6-16(28-2)17(11-14)29-3/h5-6,11-12,22H,7-10,13H2,1-4H3,(H2,24,25,27)/t22-/m0/s1.